The molecule has 128 valence electrons. The van der Waals surface area contributed by atoms with Gasteiger partial charge in [-0.05, 0) is 37.6 Å². The Morgan fingerprint density at radius 2 is 1.88 bits per heavy atom. The molecule has 4 nitrogen and oxygen atoms in total. The molecule has 0 aliphatic rings. The van der Waals surface area contributed by atoms with E-state index in [1.165, 1.54) is 0 Å². The van der Waals surface area contributed by atoms with Gasteiger partial charge in [-0.2, -0.15) is 0 Å². The summed E-state index contributed by atoms with van der Waals surface area (Å²) in [5.74, 6) is 1.15. The molecule has 2 aromatic carbocycles. The molecule has 0 bridgehead atoms. The SMILES string of the molecule is CC[C@H](Oc1ccc(C)cc1)C(=O)NCCOc1ccccc1Cl. The second kappa shape index (κ2) is 9.18. The van der Waals surface area contributed by atoms with Gasteiger partial charge in [0.25, 0.3) is 5.91 Å². The Hall–Kier alpha value is -2.20. The highest BCUT2D eigenvalue weighted by Gasteiger charge is 2.17. The van der Waals surface area contributed by atoms with E-state index in [0.29, 0.717) is 36.1 Å². The molecule has 0 spiro atoms. The minimum atomic E-state index is -0.520. The van der Waals surface area contributed by atoms with Crippen molar-refractivity contribution in [2.24, 2.45) is 0 Å². The van der Waals surface area contributed by atoms with Gasteiger partial charge in [0.1, 0.15) is 18.1 Å². The van der Waals surface area contributed by atoms with Gasteiger partial charge < -0.3 is 14.8 Å². The third-order valence-electron chi connectivity index (χ3n) is 3.46. The van der Waals surface area contributed by atoms with Gasteiger partial charge in [0.2, 0.25) is 0 Å². The molecule has 24 heavy (non-hydrogen) atoms. The highest BCUT2D eigenvalue weighted by atomic mass is 35.5. The number of rotatable bonds is 8. The normalized spacial score (nSPS) is 11.6. The van der Waals surface area contributed by atoms with Crippen LogP contribution >= 0.6 is 11.6 Å². The van der Waals surface area contributed by atoms with Crippen molar-refractivity contribution in [1.29, 1.82) is 0 Å². The zero-order valence-corrected chi connectivity index (χ0v) is 14.7. The van der Waals surface area contributed by atoms with Gasteiger partial charge in [0.05, 0.1) is 11.6 Å². The molecule has 0 heterocycles. The number of aryl methyl sites for hydroxylation is 1. The second-order valence-corrected chi connectivity index (χ2v) is 5.80. The van der Waals surface area contributed by atoms with Gasteiger partial charge in [-0.25, -0.2) is 0 Å². The molecule has 0 aliphatic carbocycles. The fourth-order valence-electron chi connectivity index (χ4n) is 2.11. The summed E-state index contributed by atoms with van der Waals surface area (Å²) in [6.07, 6.45) is 0.0680. The number of para-hydroxylation sites is 1. The van der Waals surface area contributed by atoms with E-state index in [-0.39, 0.29) is 5.91 Å². The Morgan fingerprint density at radius 1 is 1.17 bits per heavy atom. The summed E-state index contributed by atoms with van der Waals surface area (Å²) in [6.45, 7) is 4.65. The molecule has 0 radical (unpaired) electrons. The first-order valence-corrected chi connectivity index (χ1v) is 8.36. The maximum atomic E-state index is 12.2. The van der Waals surface area contributed by atoms with E-state index in [9.17, 15) is 4.79 Å². The summed E-state index contributed by atoms with van der Waals surface area (Å²) in [5, 5.41) is 3.38. The van der Waals surface area contributed by atoms with Gasteiger partial charge in [0.15, 0.2) is 6.10 Å². The van der Waals surface area contributed by atoms with Crippen molar-refractivity contribution in [3.05, 3.63) is 59.1 Å². The summed E-state index contributed by atoms with van der Waals surface area (Å²) in [7, 11) is 0. The van der Waals surface area contributed by atoms with Crippen molar-refractivity contribution in [3.63, 3.8) is 0 Å². The summed E-state index contributed by atoms with van der Waals surface area (Å²) in [5.41, 5.74) is 1.15. The van der Waals surface area contributed by atoms with E-state index in [0.717, 1.165) is 5.56 Å². The lowest BCUT2D eigenvalue weighted by Gasteiger charge is -2.17. The number of amides is 1. The Labute approximate surface area is 147 Å². The van der Waals surface area contributed by atoms with Gasteiger partial charge in [-0.1, -0.05) is 48.4 Å². The zero-order chi connectivity index (χ0) is 17.4. The Kier molecular flexibility index (Phi) is 6.94. The predicted octanol–water partition coefficient (Wildman–Crippen LogP) is 4.00. The summed E-state index contributed by atoms with van der Waals surface area (Å²) in [4.78, 5) is 12.2. The average Bonchev–Trinajstić information content (AvgIpc) is 2.59. The molecule has 1 amide bonds. The van der Waals surface area contributed by atoms with Crippen molar-refractivity contribution >= 4 is 17.5 Å². The number of hydrogen-bond donors (Lipinski definition) is 1. The van der Waals surface area contributed by atoms with E-state index >= 15 is 0 Å². The van der Waals surface area contributed by atoms with Crippen LogP contribution in [0.2, 0.25) is 5.02 Å². The predicted molar refractivity (Wildman–Crippen MR) is 95.8 cm³/mol. The lowest BCUT2D eigenvalue weighted by atomic mass is 10.2. The van der Waals surface area contributed by atoms with E-state index < -0.39 is 6.10 Å². The average molecular weight is 348 g/mol. The number of benzene rings is 2. The molecular formula is C19H22ClNO3. The number of hydrogen-bond acceptors (Lipinski definition) is 3. The van der Waals surface area contributed by atoms with Gasteiger partial charge >= 0.3 is 0 Å². The summed E-state index contributed by atoms with van der Waals surface area (Å²) < 4.78 is 11.3. The smallest absolute Gasteiger partial charge is 0.261 e. The minimum absolute atomic E-state index is 0.152. The molecule has 2 rings (SSSR count). The van der Waals surface area contributed by atoms with Crippen LogP contribution in [-0.2, 0) is 4.79 Å². The Bertz CT molecular complexity index is 658. The fourth-order valence-corrected chi connectivity index (χ4v) is 2.30. The molecule has 0 saturated heterocycles. The van der Waals surface area contributed by atoms with Crippen LogP contribution in [0, 0.1) is 6.92 Å². The number of ether oxygens (including phenoxy) is 2. The topological polar surface area (TPSA) is 47.6 Å². The number of nitrogens with one attached hydrogen (secondary N) is 1. The van der Waals surface area contributed by atoms with Crippen molar-refractivity contribution in [2.45, 2.75) is 26.4 Å². The van der Waals surface area contributed by atoms with E-state index in [1.807, 2.05) is 50.2 Å². The molecule has 0 fully saturated rings. The molecule has 1 atom stereocenters. The zero-order valence-electron chi connectivity index (χ0n) is 13.9. The first-order chi connectivity index (χ1) is 11.6. The first kappa shape index (κ1) is 18.1. The quantitative estimate of drug-likeness (QED) is 0.734. The summed E-state index contributed by atoms with van der Waals surface area (Å²) in [6, 6.07) is 14.9. The third kappa shape index (κ3) is 5.46. The lowest BCUT2D eigenvalue weighted by Crippen LogP contribution is -2.39. The molecule has 0 unspecified atom stereocenters. The van der Waals surface area contributed by atoms with Crippen LogP contribution < -0.4 is 14.8 Å². The molecule has 0 aromatic heterocycles. The van der Waals surface area contributed by atoms with Crippen LogP contribution in [0.25, 0.3) is 0 Å². The molecular weight excluding hydrogens is 326 g/mol. The number of carbonyl (C=O) groups excluding carboxylic acids is 1. The van der Waals surface area contributed by atoms with Crippen molar-refractivity contribution in [1.82, 2.24) is 5.32 Å². The fraction of sp³-hybridized carbons (Fsp3) is 0.316. The maximum absolute atomic E-state index is 12.2. The highest BCUT2D eigenvalue weighted by molar-refractivity contribution is 6.32. The standard InChI is InChI=1S/C19H22ClNO3/c1-3-17(24-15-10-8-14(2)9-11-15)19(22)21-12-13-23-18-7-5-4-6-16(18)20/h4-11,17H,3,12-13H2,1-2H3,(H,21,22)/t17-/m0/s1. The molecule has 5 heteroatoms. The van der Waals surface area contributed by atoms with Crippen LogP contribution in [0.4, 0.5) is 0 Å². The highest BCUT2D eigenvalue weighted by Crippen LogP contribution is 2.22. The van der Waals surface area contributed by atoms with Crippen LogP contribution in [0.1, 0.15) is 18.9 Å². The monoisotopic (exact) mass is 347 g/mol. The first-order valence-electron chi connectivity index (χ1n) is 7.98. The van der Waals surface area contributed by atoms with E-state index in [1.54, 1.807) is 12.1 Å². The number of carbonyl (C=O) groups is 1. The van der Waals surface area contributed by atoms with Crippen LogP contribution in [0.3, 0.4) is 0 Å². The Balaban J connectivity index is 1.77. The van der Waals surface area contributed by atoms with Crippen LogP contribution in [-0.4, -0.2) is 25.2 Å². The van der Waals surface area contributed by atoms with Crippen LogP contribution in [0.15, 0.2) is 48.5 Å². The maximum Gasteiger partial charge on any atom is 0.261 e. The number of halogens is 1. The third-order valence-corrected chi connectivity index (χ3v) is 3.77. The van der Waals surface area contributed by atoms with Crippen molar-refractivity contribution in [2.75, 3.05) is 13.2 Å². The van der Waals surface area contributed by atoms with E-state index in [2.05, 4.69) is 5.32 Å². The minimum Gasteiger partial charge on any atom is -0.490 e. The molecule has 1 N–H and O–H groups in total. The van der Waals surface area contributed by atoms with E-state index in [4.69, 9.17) is 21.1 Å². The second-order valence-electron chi connectivity index (χ2n) is 5.40. The molecule has 2 aromatic rings. The lowest BCUT2D eigenvalue weighted by molar-refractivity contribution is -0.128. The molecule has 0 aliphatic heterocycles. The largest absolute Gasteiger partial charge is 0.490 e. The van der Waals surface area contributed by atoms with Crippen molar-refractivity contribution < 1.29 is 14.3 Å². The van der Waals surface area contributed by atoms with Gasteiger partial charge in [-0.15, -0.1) is 0 Å². The van der Waals surface area contributed by atoms with Gasteiger partial charge in [0, 0.05) is 0 Å². The molecule has 0 saturated carbocycles. The summed E-state index contributed by atoms with van der Waals surface area (Å²) >= 11 is 6.01. The Morgan fingerprint density at radius 3 is 2.54 bits per heavy atom. The van der Waals surface area contributed by atoms with Gasteiger partial charge in [-0.3, -0.25) is 4.79 Å². The van der Waals surface area contributed by atoms with Crippen molar-refractivity contribution in [3.8, 4) is 11.5 Å². The van der Waals surface area contributed by atoms with Crippen LogP contribution in [0.5, 0.6) is 11.5 Å².